The van der Waals surface area contributed by atoms with Crippen LogP contribution in [0.3, 0.4) is 0 Å². The summed E-state index contributed by atoms with van der Waals surface area (Å²) >= 11 is 0. The van der Waals surface area contributed by atoms with E-state index in [0.717, 1.165) is 24.8 Å². The molecule has 1 aromatic rings. The minimum Gasteiger partial charge on any atom is -0.357 e. The van der Waals surface area contributed by atoms with Crippen LogP contribution in [0.5, 0.6) is 0 Å². The number of carbonyl (C=O) groups excluding carboxylic acids is 1. The zero-order valence-corrected chi connectivity index (χ0v) is 9.76. The lowest BCUT2D eigenvalue weighted by molar-refractivity contribution is -0.119. The summed E-state index contributed by atoms with van der Waals surface area (Å²) in [4.78, 5) is 12.1. The number of hydrogen-bond donors (Lipinski definition) is 0. The smallest absolute Gasteiger partial charge is 0.190 e. The highest BCUT2D eigenvalue weighted by molar-refractivity contribution is 6.02. The van der Waals surface area contributed by atoms with E-state index < -0.39 is 5.60 Å². The van der Waals surface area contributed by atoms with Crippen LogP contribution in [0.1, 0.15) is 31.2 Å². The van der Waals surface area contributed by atoms with Gasteiger partial charge in [-0.2, -0.15) is 0 Å². The van der Waals surface area contributed by atoms with E-state index in [9.17, 15) is 4.79 Å². The van der Waals surface area contributed by atoms with Crippen molar-refractivity contribution in [2.24, 2.45) is 0 Å². The molecule has 2 atom stereocenters. The van der Waals surface area contributed by atoms with Gasteiger partial charge in [-0.3, -0.25) is 4.79 Å². The quantitative estimate of drug-likeness (QED) is 0.588. The van der Waals surface area contributed by atoms with Crippen LogP contribution in [0, 0.1) is 0 Å². The van der Waals surface area contributed by atoms with Crippen molar-refractivity contribution in [3.8, 4) is 0 Å². The van der Waals surface area contributed by atoms with E-state index in [1.165, 1.54) is 6.42 Å². The average Bonchev–Trinajstić information content (AvgIpc) is 3.13. The monoisotopic (exact) mass is 228 g/mol. The molecule has 1 saturated carbocycles. The second-order valence-corrected chi connectivity index (χ2v) is 4.85. The predicted octanol–water partition coefficient (Wildman–Crippen LogP) is 2.98. The van der Waals surface area contributed by atoms with Gasteiger partial charge in [0, 0.05) is 0 Å². The van der Waals surface area contributed by atoms with Crippen molar-refractivity contribution in [1.29, 1.82) is 0 Å². The Hall–Kier alpha value is -1.41. The molecule has 0 aromatic heterocycles. The summed E-state index contributed by atoms with van der Waals surface area (Å²) < 4.78 is 5.61. The van der Waals surface area contributed by atoms with E-state index in [2.05, 4.69) is 0 Å². The largest absolute Gasteiger partial charge is 0.357 e. The van der Waals surface area contributed by atoms with Crippen molar-refractivity contribution in [1.82, 2.24) is 0 Å². The SMILES string of the molecule is O=C(/C=C/c1ccccc1)[C@]12CCCC[C@H]1O2. The lowest BCUT2D eigenvalue weighted by Gasteiger charge is -2.13. The van der Waals surface area contributed by atoms with E-state index in [-0.39, 0.29) is 11.9 Å². The summed E-state index contributed by atoms with van der Waals surface area (Å²) in [5.74, 6) is 0.144. The van der Waals surface area contributed by atoms with Gasteiger partial charge in [-0.25, -0.2) is 0 Å². The van der Waals surface area contributed by atoms with Crippen LogP contribution < -0.4 is 0 Å². The minimum absolute atomic E-state index is 0.144. The maximum Gasteiger partial charge on any atom is 0.190 e. The molecule has 0 spiro atoms. The molecule has 0 N–H and O–H groups in total. The Bertz CT molecular complexity index is 449. The first-order valence-electron chi connectivity index (χ1n) is 6.27. The molecular weight excluding hydrogens is 212 g/mol. The zero-order valence-electron chi connectivity index (χ0n) is 9.76. The topological polar surface area (TPSA) is 29.6 Å². The van der Waals surface area contributed by atoms with Gasteiger partial charge in [0.25, 0.3) is 0 Å². The second-order valence-electron chi connectivity index (χ2n) is 4.85. The number of ether oxygens (including phenoxy) is 1. The molecule has 0 unspecified atom stereocenters. The predicted molar refractivity (Wildman–Crippen MR) is 66.6 cm³/mol. The van der Waals surface area contributed by atoms with Gasteiger partial charge in [-0.1, -0.05) is 42.8 Å². The van der Waals surface area contributed by atoms with Gasteiger partial charge in [0.05, 0.1) is 6.10 Å². The Kier molecular flexibility index (Phi) is 2.60. The molecule has 0 amide bonds. The molecule has 3 rings (SSSR count). The number of epoxide rings is 1. The standard InChI is InChI=1S/C15H16O2/c16-13(10-9-12-6-2-1-3-7-12)15-11-5-4-8-14(15)17-15/h1-3,6-7,9-10,14H,4-5,8,11H2/b10-9+/t14-,15-/m1/s1. The molecule has 1 aliphatic heterocycles. The molecule has 88 valence electrons. The molecule has 1 aromatic carbocycles. The Morgan fingerprint density at radius 2 is 2.12 bits per heavy atom. The maximum absolute atomic E-state index is 12.1. The first-order valence-corrected chi connectivity index (χ1v) is 6.27. The molecule has 0 radical (unpaired) electrons. The van der Waals surface area contributed by atoms with Crippen LogP contribution in [-0.4, -0.2) is 17.5 Å². The number of ketones is 1. The summed E-state index contributed by atoms with van der Waals surface area (Å²) in [6.07, 6.45) is 8.01. The van der Waals surface area contributed by atoms with Gasteiger partial charge in [0.1, 0.15) is 0 Å². The third kappa shape index (κ3) is 1.93. The fraction of sp³-hybridized carbons (Fsp3) is 0.400. The normalized spacial score (nSPS) is 31.2. The minimum atomic E-state index is -0.441. The average molecular weight is 228 g/mol. The molecule has 2 aliphatic rings. The van der Waals surface area contributed by atoms with Gasteiger partial charge >= 0.3 is 0 Å². The van der Waals surface area contributed by atoms with Crippen molar-refractivity contribution in [3.63, 3.8) is 0 Å². The number of carbonyl (C=O) groups is 1. The summed E-state index contributed by atoms with van der Waals surface area (Å²) in [6.45, 7) is 0. The molecule has 0 bridgehead atoms. The third-order valence-corrected chi connectivity index (χ3v) is 3.72. The fourth-order valence-electron chi connectivity index (χ4n) is 2.67. The zero-order chi connectivity index (χ0) is 11.7. The van der Waals surface area contributed by atoms with Crippen LogP contribution in [0.2, 0.25) is 0 Å². The Morgan fingerprint density at radius 1 is 1.29 bits per heavy atom. The summed E-state index contributed by atoms with van der Waals surface area (Å²) in [6, 6.07) is 9.90. The van der Waals surface area contributed by atoms with Crippen molar-refractivity contribution in [3.05, 3.63) is 42.0 Å². The second kappa shape index (κ2) is 4.11. The van der Waals surface area contributed by atoms with Crippen molar-refractivity contribution in [2.75, 3.05) is 0 Å². The van der Waals surface area contributed by atoms with Gasteiger partial charge in [0.15, 0.2) is 11.4 Å². The number of benzene rings is 1. The summed E-state index contributed by atoms with van der Waals surface area (Å²) in [7, 11) is 0. The Morgan fingerprint density at radius 3 is 2.88 bits per heavy atom. The van der Waals surface area contributed by atoms with Crippen molar-refractivity contribution in [2.45, 2.75) is 37.4 Å². The molecule has 2 fully saturated rings. The lowest BCUT2D eigenvalue weighted by atomic mass is 9.86. The highest BCUT2D eigenvalue weighted by Gasteiger charge is 2.61. The van der Waals surface area contributed by atoms with Crippen LogP contribution >= 0.6 is 0 Å². The van der Waals surface area contributed by atoms with Gasteiger partial charge in [-0.05, 0) is 30.9 Å². The molecule has 1 saturated heterocycles. The number of rotatable bonds is 3. The van der Waals surface area contributed by atoms with Crippen LogP contribution in [-0.2, 0) is 9.53 Å². The Balaban J connectivity index is 1.70. The summed E-state index contributed by atoms with van der Waals surface area (Å²) in [5.41, 5.74) is 0.619. The van der Waals surface area contributed by atoms with E-state index in [1.54, 1.807) is 6.08 Å². The summed E-state index contributed by atoms with van der Waals surface area (Å²) in [5, 5.41) is 0. The molecule has 1 heterocycles. The number of fused-ring (bicyclic) bond motifs is 1. The number of hydrogen-bond acceptors (Lipinski definition) is 2. The fourth-order valence-corrected chi connectivity index (χ4v) is 2.67. The first-order chi connectivity index (χ1) is 8.31. The Labute approximate surface area is 101 Å². The molecular formula is C15H16O2. The highest BCUT2D eigenvalue weighted by Crippen LogP contribution is 2.48. The molecule has 1 aliphatic carbocycles. The lowest BCUT2D eigenvalue weighted by Crippen LogP contribution is -2.28. The van der Waals surface area contributed by atoms with E-state index in [4.69, 9.17) is 4.74 Å². The van der Waals surface area contributed by atoms with E-state index in [0.29, 0.717) is 0 Å². The third-order valence-electron chi connectivity index (χ3n) is 3.72. The van der Waals surface area contributed by atoms with E-state index in [1.807, 2.05) is 36.4 Å². The maximum atomic E-state index is 12.1. The van der Waals surface area contributed by atoms with Crippen molar-refractivity contribution < 1.29 is 9.53 Å². The molecule has 2 nitrogen and oxygen atoms in total. The van der Waals surface area contributed by atoms with Gasteiger partial charge in [0.2, 0.25) is 0 Å². The van der Waals surface area contributed by atoms with Gasteiger partial charge in [-0.15, -0.1) is 0 Å². The highest BCUT2D eigenvalue weighted by atomic mass is 16.6. The molecule has 17 heavy (non-hydrogen) atoms. The van der Waals surface area contributed by atoms with E-state index >= 15 is 0 Å². The van der Waals surface area contributed by atoms with Crippen LogP contribution in [0.4, 0.5) is 0 Å². The first kappa shape index (κ1) is 10.7. The molecule has 2 heteroatoms. The van der Waals surface area contributed by atoms with Crippen LogP contribution in [0.15, 0.2) is 36.4 Å². The van der Waals surface area contributed by atoms with Crippen molar-refractivity contribution >= 4 is 11.9 Å². The van der Waals surface area contributed by atoms with Gasteiger partial charge < -0.3 is 4.74 Å². The van der Waals surface area contributed by atoms with Crippen LogP contribution in [0.25, 0.3) is 6.08 Å².